The second-order valence-electron chi connectivity index (χ2n) is 4.19. The van der Waals surface area contributed by atoms with Crippen molar-refractivity contribution >= 4 is 17.4 Å². The van der Waals surface area contributed by atoms with E-state index in [1.165, 1.54) is 18.0 Å². The summed E-state index contributed by atoms with van der Waals surface area (Å²) in [7, 11) is 3.18. The second-order valence-corrected chi connectivity index (χ2v) is 4.19. The molecule has 0 spiro atoms. The van der Waals surface area contributed by atoms with Crippen LogP contribution >= 0.6 is 0 Å². The van der Waals surface area contributed by atoms with E-state index in [0.717, 1.165) is 0 Å². The van der Waals surface area contributed by atoms with Crippen molar-refractivity contribution in [2.75, 3.05) is 14.1 Å². The maximum absolute atomic E-state index is 12.1. The van der Waals surface area contributed by atoms with Gasteiger partial charge in [0.25, 0.3) is 5.91 Å². The molecule has 0 saturated heterocycles. The minimum absolute atomic E-state index is 0.0569. The topological polar surface area (TPSA) is 85.6 Å². The highest BCUT2D eigenvalue weighted by molar-refractivity contribution is 6.05. The largest absolute Gasteiger partial charge is 0.450 e. The number of hydrogen-bond acceptors (Lipinski definition) is 5. The van der Waals surface area contributed by atoms with Crippen LogP contribution in [0.1, 0.15) is 19.8 Å². The quantitative estimate of drug-likeness (QED) is 0.347. The molecule has 0 aromatic heterocycles. The van der Waals surface area contributed by atoms with Crippen molar-refractivity contribution < 1.29 is 22.8 Å². The average Bonchev–Trinajstić information content (AvgIpc) is 2.38. The van der Waals surface area contributed by atoms with Crippen molar-refractivity contribution in [2.24, 2.45) is 5.10 Å². The van der Waals surface area contributed by atoms with Crippen LogP contribution in [0.15, 0.2) is 16.9 Å². The van der Waals surface area contributed by atoms with Gasteiger partial charge in [-0.1, -0.05) is 6.92 Å². The van der Waals surface area contributed by atoms with Gasteiger partial charge in [0.1, 0.15) is 11.6 Å². The van der Waals surface area contributed by atoms with Gasteiger partial charge in [-0.15, -0.1) is 0 Å². The molecule has 0 aromatic rings. The Hall–Kier alpha value is -2.37. The van der Waals surface area contributed by atoms with Crippen LogP contribution in [0.2, 0.25) is 0 Å². The lowest BCUT2D eigenvalue weighted by molar-refractivity contribution is -0.169. The molecule has 1 amide bonds. The number of alkyl halides is 3. The van der Waals surface area contributed by atoms with Crippen LogP contribution in [0, 0.1) is 11.3 Å². The van der Waals surface area contributed by atoms with Crippen LogP contribution in [0.25, 0.3) is 0 Å². The van der Waals surface area contributed by atoms with Crippen LogP contribution in [0.5, 0.6) is 0 Å². The number of Topliss-reactive ketones (excluding diaryl/α,β-unsaturated/α-hetero) is 1. The molecule has 0 aliphatic carbocycles. The molecule has 0 radical (unpaired) electrons. The molecule has 0 aliphatic rings. The molecule has 21 heavy (non-hydrogen) atoms. The van der Waals surface area contributed by atoms with Crippen molar-refractivity contribution in [3.8, 4) is 6.07 Å². The minimum Gasteiger partial charge on any atom is -0.382 e. The molecule has 0 atom stereocenters. The van der Waals surface area contributed by atoms with Crippen LogP contribution in [-0.2, 0) is 9.59 Å². The summed E-state index contributed by atoms with van der Waals surface area (Å²) in [6.07, 6.45) is -4.58. The van der Waals surface area contributed by atoms with Gasteiger partial charge in [0.15, 0.2) is 0 Å². The van der Waals surface area contributed by atoms with E-state index < -0.39 is 24.3 Å². The van der Waals surface area contributed by atoms with Gasteiger partial charge in [-0.3, -0.25) is 9.59 Å². The van der Waals surface area contributed by atoms with E-state index in [9.17, 15) is 22.8 Å². The third-order valence-corrected chi connectivity index (χ3v) is 2.16. The number of hydrogen-bond donors (Lipinski definition) is 1. The number of hydrazone groups is 1. The summed E-state index contributed by atoms with van der Waals surface area (Å²) < 4.78 is 36.4. The fourth-order valence-corrected chi connectivity index (χ4v) is 1.12. The first-order valence-corrected chi connectivity index (χ1v) is 5.86. The third kappa shape index (κ3) is 7.10. The Morgan fingerprint density at radius 3 is 2.33 bits per heavy atom. The lowest BCUT2D eigenvalue weighted by atomic mass is 10.1. The summed E-state index contributed by atoms with van der Waals surface area (Å²) in [5, 5.41) is 12.2. The van der Waals surface area contributed by atoms with Gasteiger partial charge >= 0.3 is 6.18 Å². The monoisotopic (exact) mass is 304 g/mol. The molecule has 0 rings (SSSR count). The molecule has 116 valence electrons. The van der Waals surface area contributed by atoms with E-state index in [2.05, 4.69) is 5.10 Å². The Kier molecular flexibility index (Phi) is 7.13. The van der Waals surface area contributed by atoms with Crippen molar-refractivity contribution in [1.29, 1.82) is 5.26 Å². The lowest BCUT2D eigenvalue weighted by Gasteiger charge is -2.08. The Morgan fingerprint density at radius 2 is 1.95 bits per heavy atom. The second kappa shape index (κ2) is 8.04. The number of ketones is 1. The Labute approximate surface area is 119 Å². The first-order valence-electron chi connectivity index (χ1n) is 5.86. The number of nitrogens with zero attached hydrogens (tertiary/aromatic N) is 3. The van der Waals surface area contributed by atoms with Crippen LogP contribution in [0.3, 0.4) is 0 Å². The Bertz CT molecular complexity index is 502. The molecule has 1 N–H and O–H groups in total. The normalized spacial score (nSPS) is 12.6. The predicted octanol–water partition coefficient (Wildman–Crippen LogP) is 1.36. The van der Waals surface area contributed by atoms with Crippen LogP contribution in [0.4, 0.5) is 13.2 Å². The van der Waals surface area contributed by atoms with Crippen molar-refractivity contribution in [2.45, 2.75) is 25.9 Å². The molecule has 0 heterocycles. The number of nitriles is 1. The van der Waals surface area contributed by atoms with E-state index in [-0.39, 0.29) is 17.7 Å². The standard InChI is InChI=1S/C12H15F3N4O2/c1-4-9(5-10(20)12(13,14)15)17-18-11(21)8(6-16)7-19(2)3/h7H,4-5H2,1-3H3,(H,18,21)/b8-7+,17-9+. The van der Waals surface area contributed by atoms with E-state index in [4.69, 9.17) is 5.26 Å². The summed E-state index contributed by atoms with van der Waals surface area (Å²) in [6.45, 7) is 1.50. The summed E-state index contributed by atoms with van der Waals surface area (Å²) in [5.74, 6) is -2.81. The van der Waals surface area contributed by atoms with Gasteiger partial charge in [0.05, 0.1) is 6.42 Å². The highest BCUT2D eigenvalue weighted by Crippen LogP contribution is 2.18. The fourth-order valence-electron chi connectivity index (χ4n) is 1.12. The third-order valence-electron chi connectivity index (χ3n) is 2.16. The van der Waals surface area contributed by atoms with Gasteiger partial charge in [0, 0.05) is 26.0 Å². The van der Waals surface area contributed by atoms with Crippen molar-refractivity contribution in [1.82, 2.24) is 10.3 Å². The zero-order valence-electron chi connectivity index (χ0n) is 11.8. The summed E-state index contributed by atoms with van der Waals surface area (Å²) >= 11 is 0. The molecule has 6 nitrogen and oxygen atoms in total. The van der Waals surface area contributed by atoms with Gasteiger partial charge in [-0.2, -0.15) is 23.5 Å². The van der Waals surface area contributed by atoms with Crippen molar-refractivity contribution in [3.05, 3.63) is 11.8 Å². The van der Waals surface area contributed by atoms with Gasteiger partial charge in [-0.25, -0.2) is 5.43 Å². The SMILES string of the molecule is CC/C(CC(=O)C(F)(F)F)=N\NC(=O)/C(C#N)=C/N(C)C. The summed E-state index contributed by atoms with van der Waals surface area (Å²) in [5.41, 5.74) is 1.56. The molecular formula is C12H15F3N4O2. The van der Waals surface area contributed by atoms with E-state index in [0.29, 0.717) is 0 Å². The van der Waals surface area contributed by atoms with Gasteiger partial charge < -0.3 is 4.90 Å². The number of rotatable bonds is 6. The first kappa shape index (κ1) is 18.6. The number of carbonyl (C=O) groups excluding carboxylic acids is 2. The van der Waals surface area contributed by atoms with E-state index in [1.807, 2.05) is 5.43 Å². The molecular weight excluding hydrogens is 289 g/mol. The molecule has 9 heteroatoms. The van der Waals surface area contributed by atoms with Gasteiger partial charge in [-0.05, 0) is 6.42 Å². The smallest absolute Gasteiger partial charge is 0.382 e. The van der Waals surface area contributed by atoms with Crippen molar-refractivity contribution in [3.63, 3.8) is 0 Å². The maximum atomic E-state index is 12.1. The maximum Gasteiger partial charge on any atom is 0.450 e. The zero-order valence-corrected chi connectivity index (χ0v) is 11.8. The summed E-state index contributed by atoms with van der Waals surface area (Å²) in [4.78, 5) is 23.8. The lowest BCUT2D eigenvalue weighted by Crippen LogP contribution is -2.27. The zero-order chi connectivity index (χ0) is 16.6. The number of amides is 1. The van der Waals surface area contributed by atoms with E-state index in [1.54, 1.807) is 20.2 Å². The van der Waals surface area contributed by atoms with Crippen LogP contribution < -0.4 is 5.43 Å². The molecule has 0 saturated carbocycles. The fraction of sp³-hybridized carbons (Fsp3) is 0.500. The predicted molar refractivity (Wildman–Crippen MR) is 68.9 cm³/mol. The van der Waals surface area contributed by atoms with Gasteiger partial charge in [0.2, 0.25) is 5.78 Å². The number of nitrogens with one attached hydrogen (secondary N) is 1. The molecule has 0 unspecified atom stereocenters. The van der Waals surface area contributed by atoms with Crippen LogP contribution in [-0.4, -0.2) is 42.6 Å². The number of carbonyl (C=O) groups is 2. The highest BCUT2D eigenvalue weighted by Gasteiger charge is 2.38. The Morgan fingerprint density at radius 1 is 1.38 bits per heavy atom. The minimum atomic E-state index is -4.94. The summed E-state index contributed by atoms with van der Waals surface area (Å²) in [6, 6.07) is 1.63. The molecule has 0 aliphatic heterocycles. The average molecular weight is 304 g/mol. The van der Waals surface area contributed by atoms with E-state index >= 15 is 0 Å². The Balaban J connectivity index is 4.87. The highest BCUT2D eigenvalue weighted by atomic mass is 19.4. The first-order chi connectivity index (χ1) is 9.61. The molecule has 0 aromatic carbocycles. The number of halogens is 3. The molecule has 0 bridgehead atoms. The molecule has 0 fully saturated rings.